The van der Waals surface area contributed by atoms with Crippen LogP contribution in [-0.2, 0) is 6.54 Å². The van der Waals surface area contributed by atoms with E-state index < -0.39 is 0 Å². The molecule has 2 aromatic heterocycles. The summed E-state index contributed by atoms with van der Waals surface area (Å²) < 4.78 is 0. The number of rotatable bonds is 5. The zero-order valence-corrected chi connectivity index (χ0v) is 14.2. The van der Waals surface area contributed by atoms with Crippen LogP contribution in [0.3, 0.4) is 0 Å². The quantitative estimate of drug-likeness (QED) is 0.496. The van der Waals surface area contributed by atoms with Crippen molar-refractivity contribution in [2.24, 2.45) is 0 Å². The maximum absolute atomic E-state index is 6.07. The molecule has 4 rings (SSSR count). The molecule has 0 radical (unpaired) electrons. The highest BCUT2D eigenvalue weighted by atomic mass is 15.1. The average molecular weight is 341 g/mol. The van der Waals surface area contributed by atoms with Gasteiger partial charge in [-0.1, -0.05) is 30.3 Å². The summed E-state index contributed by atoms with van der Waals surface area (Å²) in [6.45, 7) is 0.636. The summed E-state index contributed by atoms with van der Waals surface area (Å²) in [5, 5.41) is 7.72. The van der Waals surface area contributed by atoms with Crippen LogP contribution in [0.4, 0.5) is 23.0 Å². The molecular weight excluding hydrogens is 322 g/mol. The highest BCUT2D eigenvalue weighted by Gasteiger charge is 2.04. The van der Waals surface area contributed by atoms with Crippen LogP contribution >= 0.6 is 0 Å². The smallest absolute Gasteiger partial charge is 0.151 e. The molecule has 0 amide bonds. The fourth-order valence-electron chi connectivity index (χ4n) is 2.77. The number of hydrogen-bond acceptors (Lipinski definition) is 5. The van der Waals surface area contributed by atoms with Gasteiger partial charge < -0.3 is 16.4 Å². The molecular formula is C21H19N5. The highest BCUT2D eigenvalue weighted by molar-refractivity contribution is 5.79. The summed E-state index contributed by atoms with van der Waals surface area (Å²) in [6.07, 6.45) is 1.80. The summed E-state index contributed by atoms with van der Waals surface area (Å²) >= 11 is 0. The molecule has 0 aliphatic carbocycles. The SMILES string of the molecule is Nc1ccc(Nc2ccccc2)nc1NCc1ccc2ncccc2c1. The number of anilines is 4. The maximum Gasteiger partial charge on any atom is 0.151 e. The van der Waals surface area contributed by atoms with Gasteiger partial charge in [-0.2, -0.15) is 0 Å². The van der Waals surface area contributed by atoms with Crippen molar-refractivity contribution in [3.05, 3.63) is 84.6 Å². The van der Waals surface area contributed by atoms with Gasteiger partial charge in [0.15, 0.2) is 5.82 Å². The minimum Gasteiger partial charge on any atom is -0.396 e. The van der Waals surface area contributed by atoms with Crippen molar-refractivity contribution in [2.75, 3.05) is 16.4 Å². The Balaban J connectivity index is 1.50. The van der Waals surface area contributed by atoms with E-state index in [-0.39, 0.29) is 0 Å². The molecule has 4 N–H and O–H groups in total. The number of benzene rings is 2. The number of para-hydroxylation sites is 1. The minimum atomic E-state index is 0.617. The van der Waals surface area contributed by atoms with Crippen LogP contribution in [-0.4, -0.2) is 9.97 Å². The monoisotopic (exact) mass is 341 g/mol. The second-order valence-corrected chi connectivity index (χ2v) is 6.01. The molecule has 0 saturated carbocycles. The molecule has 5 nitrogen and oxygen atoms in total. The Labute approximate surface area is 151 Å². The molecule has 0 saturated heterocycles. The Hall–Kier alpha value is -3.60. The van der Waals surface area contributed by atoms with E-state index in [9.17, 15) is 0 Å². The van der Waals surface area contributed by atoms with Gasteiger partial charge >= 0.3 is 0 Å². The number of nitrogens with zero attached hydrogens (tertiary/aromatic N) is 2. The molecule has 0 unspecified atom stereocenters. The number of nitrogens with one attached hydrogen (secondary N) is 2. The Morgan fingerprint density at radius 3 is 2.65 bits per heavy atom. The summed E-state index contributed by atoms with van der Waals surface area (Å²) in [4.78, 5) is 8.93. The average Bonchev–Trinajstić information content (AvgIpc) is 2.69. The van der Waals surface area contributed by atoms with Crippen molar-refractivity contribution >= 4 is 33.9 Å². The first-order valence-corrected chi connectivity index (χ1v) is 8.44. The molecule has 0 fully saturated rings. The lowest BCUT2D eigenvalue weighted by atomic mass is 10.1. The van der Waals surface area contributed by atoms with Gasteiger partial charge in [-0.15, -0.1) is 0 Å². The third-order valence-electron chi connectivity index (χ3n) is 4.10. The van der Waals surface area contributed by atoms with E-state index >= 15 is 0 Å². The summed E-state index contributed by atoms with van der Waals surface area (Å²) in [6, 6.07) is 23.9. The van der Waals surface area contributed by atoms with E-state index in [0.717, 1.165) is 28.0 Å². The topological polar surface area (TPSA) is 75.9 Å². The van der Waals surface area contributed by atoms with Gasteiger partial charge in [-0.25, -0.2) is 4.98 Å². The first-order valence-electron chi connectivity index (χ1n) is 8.44. The first-order chi connectivity index (χ1) is 12.8. The van der Waals surface area contributed by atoms with Crippen molar-refractivity contribution in [1.82, 2.24) is 9.97 Å². The van der Waals surface area contributed by atoms with Crippen LogP contribution in [0.25, 0.3) is 10.9 Å². The summed E-state index contributed by atoms with van der Waals surface area (Å²) in [5.41, 5.74) is 9.81. The van der Waals surface area contributed by atoms with Crippen LogP contribution in [0.1, 0.15) is 5.56 Å². The number of aromatic nitrogens is 2. The van der Waals surface area contributed by atoms with E-state index in [1.807, 2.05) is 54.6 Å². The maximum atomic E-state index is 6.07. The molecule has 128 valence electrons. The van der Waals surface area contributed by atoms with Gasteiger partial charge in [0.2, 0.25) is 0 Å². The largest absolute Gasteiger partial charge is 0.396 e. The third-order valence-corrected chi connectivity index (χ3v) is 4.10. The number of nitrogens with two attached hydrogens (primary N) is 1. The molecule has 0 aliphatic rings. The second-order valence-electron chi connectivity index (χ2n) is 6.01. The Morgan fingerprint density at radius 1 is 0.885 bits per heavy atom. The predicted octanol–water partition coefficient (Wildman–Crippen LogP) is 4.57. The molecule has 5 heteroatoms. The fourth-order valence-corrected chi connectivity index (χ4v) is 2.77. The number of fused-ring (bicyclic) bond motifs is 1. The van der Waals surface area contributed by atoms with Crippen LogP contribution in [0.2, 0.25) is 0 Å². The normalized spacial score (nSPS) is 10.6. The van der Waals surface area contributed by atoms with E-state index in [0.29, 0.717) is 18.1 Å². The second kappa shape index (κ2) is 7.11. The van der Waals surface area contributed by atoms with Crippen molar-refractivity contribution in [2.45, 2.75) is 6.54 Å². The number of hydrogen-bond donors (Lipinski definition) is 3. The van der Waals surface area contributed by atoms with Crippen LogP contribution in [0.15, 0.2) is 79.0 Å². The Morgan fingerprint density at radius 2 is 1.77 bits per heavy atom. The molecule has 2 aromatic carbocycles. The lowest BCUT2D eigenvalue weighted by molar-refractivity contribution is 1.12. The first kappa shape index (κ1) is 15.9. The highest BCUT2D eigenvalue weighted by Crippen LogP contribution is 2.22. The molecule has 26 heavy (non-hydrogen) atoms. The van der Waals surface area contributed by atoms with E-state index in [1.54, 1.807) is 6.20 Å². The van der Waals surface area contributed by atoms with Crippen molar-refractivity contribution in [1.29, 1.82) is 0 Å². The Bertz CT molecular complexity index is 1030. The van der Waals surface area contributed by atoms with E-state index in [2.05, 4.69) is 38.8 Å². The molecule has 2 heterocycles. The van der Waals surface area contributed by atoms with Crippen molar-refractivity contribution in [3.8, 4) is 0 Å². The van der Waals surface area contributed by atoms with Crippen molar-refractivity contribution in [3.63, 3.8) is 0 Å². The number of pyridine rings is 2. The molecule has 0 spiro atoms. The van der Waals surface area contributed by atoms with Gasteiger partial charge in [0, 0.05) is 23.8 Å². The van der Waals surface area contributed by atoms with Gasteiger partial charge in [0.1, 0.15) is 5.82 Å². The van der Waals surface area contributed by atoms with E-state index in [1.165, 1.54) is 0 Å². The Kier molecular flexibility index (Phi) is 4.35. The molecule has 0 aliphatic heterocycles. The van der Waals surface area contributed by atoms with Gasteiger partial charge in [-0.05, 0) is 48.0 Å². The zero-order chi connectivity index (χ0) is 17.8. The van der Waals surface area contributed by atoms with Gasteiger partial charge in [0.05, 0.1) is 11.2 Å². The van der Waals surface area contributed by atoms with E-state index in [4.69, 9.17) is 5.73 Å². The summed E-state index contributed by atoms with van der Waals surface area (Å²) in [5.74, 6) is 1.41. The third kappa shape index (κ3) is 3.57. The van der Waals surface area contributed by atoms with Crippen LogP contribution in [0.5, 0.6) is 0 Å². The molecule has 4 aromatic rings. The lowest BCUT2D eigenvalue weighted by Crippen LogP contribution is -2.06. The predicted molar refractivity (Wildman–Crippen MR) is 107 cm³/mol. The zero-order valence-electron chi connectivity index (χ0n) is 14.2. The van der Waals surface area contributed by atoms with Gasteiger partial charge in [0.25, 0.3) is 0 Å². The van der Waals surface area contributed by atoms with Crippen LogP contribution in [0, 0.1) is 0 Å². The number of nitrogen functional groups attached to an aromatic ring is 1. The minimum absolute atomic E-state index is 0.617. The fraction of sp³-hybridized carbons (Fsp3) is 0.0476. The lowest BCUT2D eigenvalue weighted by Gasteiger charge is -2.12. The van der Waals surface area contributed by atoms with Crippen molar-refractivity contribution < 1.29 is 0 Å². The molecule has 0 atom stereocenters. The van der Waals surface area contributed by atoms with Crippen LogP contribution < -0.4 is 16.4 Å². The van der Waals surface area contributed by atoms with Gasteiger partial charge in [-0.3, -0.25) is 4.98 Å². The summed E-state index contributed by atoms with van der Waals surface area (Å²) in [7, 11) is 0. The molecule has 0 bridgehead atoms. The standard InChI is InChI=1S/C21H19N5/c22-18-9-11-20(25-17-6-2-1-3-7-17)26-21(18)24-14-15-8-10-19-16(13-15)5-4-12-23-19/h1-13H,14,22H2,(H2,24,25,26).